The van der Waals surface area contributed by atoms with Crippen LogP contribution in [0.4, 0.5) is 10.3 Å². The smallest absolute Gasteiger partial charge is 0.225 e. The summed E-state index contributed by atoms with van der Waals surface area (Å²) in [4.78, 5) is 26.0. The summed E-state index contributed by atoms with van der Waals surface area (Å²) >= 11 is 0. The Balaban J connectivity index is 1.63. The molecule has 0 bridgehead atoms. The maximum absolute atomic E-state index is 14.5. The Hall–Kier alpha value is -2.63. The summed E-state index contributed by atoms with van der Waals surface area (Å²) in [6.07, 6.45) is 8.16. The molecule has 5 nitrogen and oxygen atoms in total. The number of carbonyl (C=O) groups excluding carboxylic acids is 1. The lowest BCUT2D eigenvalue weighted by Crippen LogP contribution is -2.35. The van der Waals surface area contributed by atoms with E-state index >= 15 is 0 Å². The van der Waals surface area contributed by atoms with Gasteiger partial charge in [-0.05, 0) is 18.4 Å². The number of aliphatic imine (C=N–C) groups is 1. The average molecular weight is 368 g/mol. The molecule has 2 aromatic rings. The number of anilines is 1. The van der Waals surface area contributed by atoms with Gasteiger partial charge in [-0.1, -0.05) is 25.1 Å². The van der Waals surface area contributed by atoms with Crippen molar-refractivity contribution in [1.82, 2.24) is 9.97 Å². The number of hydrogen-bond donors (Lipinski definition) is 0. The number of aryl methyl sites for hydroxylation is 1. The molecule has 3 rings (SSSR count). The van der Waals surface area contributed by atoms with E-state index in [0.717, 1.165) is 45.2 Å². The van der Waals surface area contributed by atoms with E-state index < -0.39 is 0 Å². The van der Waals surface area contributed by atoms with E-state index in [9.17, 15) is 9.18 Å². The first-order valence-corrected chi connectivity index (χ1v) is 9.53. The lowest BCUT2D eigenvalue weighted by molar-refractivity contribution is -0.107. The molecular weight excluding hydrogens is 343 g/mol. The third kappa shape index (κ3) is 4.76. The van der Waals surface area contributed by atoms with Gasteiger partial charge in [0.05, 0.1) is 0 Å². The molecule has 142 valence electrons. The van der Waals surface area contributed by atoms with Gasteiger partial charge in [0.25, 0.3) is 0 Å². The quantitative estimate of drug-likeness (QED) is 0.550. The molecule has 0 saturated carbocycles. The molecule has 6 heteroatoms. The van der Waals surface area contributed by atoms with Crippen LogP contribution in [0.3, 0.4) is 0 Å². The monoisotopic (exact) mass is 368 g/mol. The van der Waals surface area contributed by atoms with E-state index in [2.05, 4.69) is 19.9 Å². The topological polar surface area (TPSA) is 58.5 Å². The molecule has 27 heavy (non-hydrogen) atoms. The van der Waals surface area contributed by atoms with Crippen LogP contribution in [0.25, 0.3) is 11.1 Å². The van der Waals surface area contributed by atoms with Gasteiger partial charge >= 0.3 is 0 Å². The zero-order chi connectivity index (χ0) is 19.1. The van der Waals surface area contributed by atoms with E-state index in [1.807, 2.05) is 13.0 Å². The maximum Gasteiger partial charge on any atom is 0.225 e. The van der Waals surface area contributed by atoms with Crippen molar-refractivity contribution in [2.24, 2.45) is 4.99 Å². The SMILES string of the molecule is CCc1cccc(-c2cnc(N3CCC(=NCCCC=O)CC3)nc2)c1F. The molecule has 1 aromatic carbocycles. The minimum atomic E-state index is -0.190. The summed E-state index contributed by atoms with van der Waals surface area (Å²) in [5, 5.41) is 0. The van der Waals surface area contributed by atoms with Crippen LogP contribution in [-0.2, 0) is 11.2 Å². The molecule has 1 aliphatic rings. The molecule has 1 aromatic heterocycles. The Labute approximate surface area is 159 Å². The van der Waals surface area contributed by atoms with Crippen LogP contribution in [0, 0.1) is 5.82 Å². The van der Waals surface area contributed by atoms with Gasteiger partial charge in [0.2, 0.25) is 5.95 Å². The fourth-order valence-electron chi connectivity index (χ4n) is 3.23. The van der Waals surface area contributed by atoms with Gasteiger partial charge in [-0.25, -0.2) is 14.4 Å². The number of piperidine rings is 1. The van der Waals surface area contributed by atoms with E-state index in [1.54, 1.807) is 24.5 Å². The van der Waals surface area contributed by atoms with E-state index in [1.165, 1.54) is 5.71 Å². The van der Waals surface area contributed by atoms with Crippen LogP contribution in [0.5, 0.6) is 0 Å². The highest BCUT2D eigenvalue weighted by atomic mass is 19.1. The number of unbranched alkanes of at least 4 members (excludes halogenated alkanes) is 1. The zero-order valence-corrected chi connectivity index (χ0v) is 15.7. The number of hydrogen-bond acceptors (Lipinski definition) is 5. The number of nitrogens with zero attached hydrogens (tertiary/aromatic N) is 4. The van der Waals surface area contributed by atoms with Crippen LogP contribution in [0.2, 0.25) is 0 Å². The van der Waals surface area contributed by atoms with Crippen molar-refractivity contribution in [2.45, 2.75) is 39.0 Å². The highest BCUT2D eigenvalue weighted by Gasteiger charge is 2.18. The third-order valence-corrected chi connectivity index (χ3v) is 4.85. The number of halogens is 1. The summed E-state index contributed by atoms with van der Waals surface area (Å²) in [7, 11) is 0. The summed E-state index contributed by atoms with van der Waals surface area (Å²) in [5.74, 6) is 0.482. The van der Waals surface area contributed by atoms with Crippen LogP contribution < -0.4 is 4.90 Å². The van der Waals surface area contributed by atoms with Crippen molar-refractivity contribution < 1.29 is 9.18 Å². The molecule has 1 aliphatic heterocycles. The first-order chi connectivity index (χ1) is 13.2. The Morgan fingerprint density at radius 3 is 2.63 bits per heavy atom. The summed E-state index contributed by atoms with van der Waals surface area (Å²) < 4.78 is 14.5. The van der Waals surface area contributed by atoms with Gasteiger partial charge in [0.1, 0.15) is 12.1 Å². The minimum Gasteiger partial charge on any atom is -0.340 e. The maximum atomic E-state index is 14.5. The van der Waals surface area contributed by atoms with E-state index in [0.29, 0.717) is 35.5 Å². The lowest BCUT2D eigenvalue weighted by atomic mass is 10.0. The van der Waals surface area contributed by atoms with Gasteiger partial charge in [0, 0.05) is 68.1 Å². The molecule has 0 atom stereocenters. The molecule has 0 spiro atoms. The number of aldehydes is 1. The minimum absolute atomic E-state index is 0.190. The number of rotatable bonds is 7. The second kappa shape index (κ2) is 9.35. The standard InChI is InChI=1S/C21H25FN4O/c1-2-16-6-5-7-19(20(16)22)17-14-24-21(25-15-17)26-11-8-18(9-12-26)23-10-3-4-13-27/h5-7,13-15H,2-4,8-12H2,1H3. The number of benzene rings is 1. The Kier molecular flexibility index (Phi) is 6.63. The largest absolute Gasteiger partial charge is 0.340 e. The molecule has 0 N–H and O–H groups in total. The highest BCUT2D eigenvalue weighted by Crippen LogP contribution is 2.25. The fraction of sp³-hybridized carbons (Fsp3) is 0.429. The van der Waals surface area contributed by atoms with Crippen molar-refractivity contribution >= 4 is 17.9 Å². The predicted octanol–water partition coefficient (Wildman–Crippen LogP) is 3.87. The van der Waals surface area contributed by atoms with Gasteiger partial charge < -0.3 is 9.69 Å². The Bertz CT molecular complexity index is 794. The number of carbonyl (C=O) groups is 1. The van der Waals surface area contributed by atoms with Crippen LogP contribution >= 0.6 is 0 Å². The van der Waals surface area contributed by atoms with Crippen molar-refractivity contribution in [2.75, 3.05) is 24.5 Å². The first kappa shape index (κ1) is 19.1. The van der Waals surface area contributed by atoms with Crippen LogP contribution in [-0.4, -0.2) is 41.6 Å². The molecule has 0 radical (unpaired) electrons. The molecule has 0 unspecified atom stereocenters. The second-order valence-corrected chi connectivity index (χ2v) is 6.65. The van der Waals surface area contributed by atoms with Crippen molar-refractivity contribution in [3.63, 3.8) is 0 Å². The highest BCUT2D eigenvalue weighted by molar-refractivity contribution is 5.86. The first-order valence-electron chi connectivity index (χ1n) is 9.53. The molecule has 0 aliphatic carbocycles. The molecule has 2 heterocycles. The fourth-order valence-corrected chi connectivity index (χ4v) is 3.23. The average Bonchev–Trinajstić information content (AvgIpc) is 2.72. The Morgan fingerprint density at radius 2 is 1.96 bits per heavy atom. The molecular formula is C21H25FN4O. The van der Waals surface area contributed by atoms with Crippen molar-refractivity contribution in [3.05, 3.63) is 42.0 Å². The summed E-state index contributed by atoms with van der Waals surface area (Å²) in [6.45, 7) is 4.32. The van der Waals surface area contributed by atoms with Crippen LogP contribution in [0.1, 0.15) is 38.2 Å². The van der Waals surface area contributed by atoms with Gasteiger partial charge in [-0.2, -0.15) is 0 Å². The molecule has 1 fully saturated rings. The third-order valence-electron chi connectivity index (χ3n) is 4.85. The van der Waals surface area contributed by atoms with Crippen molar-refractivity contribution in [1.29, 1.82) is 0 Å². The van der Waals surface area contributed by atoms with E-state index in [-0.39, 0.29) is 5.82 Å². The lowest BCUT2D eigenvalue weighted by Gasteiger charge is -2.27. The van der Waals surface area contributed by atoms with Gasteiger partial charge in [-0.15, -0.1) is 0 Å². The second-order valence-electron chi connectivity index (χ2n) is 6.65. The normalized spacial score (nSPS) is 14.3. The van der Waals surface area contributed by atoms with Gasteiger partial charge in [0.15, 0.2) is 0 Å². The number of aromatic nitrogens is 2. The Morgan fingerprint density at radius 1 is 1.22 bits per heavy atom. The van der Waals surface area contributed by atoms with Gasteiger partial charge in [-0.3, -0.25) is 4.99 Å². The van der Waals surface area contributed by atoms with Crippen molar-refractivity contribution in [3.8, 4) is 11.1 Å². The summed E-state index contributed by atoms with van der Waals surface area (Å²) in [6, 6.07) is 5.44. The molecule has 0 amide bonds. The predicted molar refractivity (Wildman–Crippen MR) is 106 cm³/mol. The molecule has 1 saturated heterocycles. The zero-order valence-electron chi connectivity index (χ0n) is 15.7. The summed E-state index contributed by atoms with van der Waals surface area (Å²) in [5.41, 5.74) is 3.14. The van der Waals surface area contributed by atoms with E-state index in [4.69, 9.17) is 0 Å². The van der Waals surface area contributed by atoms with Crippen LogP contribution in [0.15, 0.2) is 35.6 Å².